The van der Waals surface area contributed by atoms with E-state index >= 15 is 0 Å². The van der Waals surface area contributed by atoms with E-state index in [0.29, 0.717) is 50.3 Å². The van der Waals surface area contributed by atoms with Crippen molar-refractivity contribution in [3.05, 3.63) is 53.6 Å². The van der Waals surface area contributed by atoms with E-state index in [1.54, 1.807) is 10.6 Å². The maximum absolute atomic E-state index is 13.1. The largest absolute Gasteiger partial charge is 0.381 e. The van der Waals surface area contributed by atoms with Crippen LogP contribution in [-0.2, 0) is 26.1 Å². The van der Waals surface area contributed by atoms with Crippen LogP contribution in [0.1, 0.15) is 63.0 Å². The van der Waals surface area contributed by atoms with Crippen molar-refractivity contribution in [2.24, 2.45) is 0 Å². The number of hydrogen-bond donors (Lipinski definition) is 3. The summed E-state index contributed by atoms with van der Waals surface area (Å²) in [4.78, 5) is 22.6. The fourth-order valence-corrected chi connectivity index (χ4v) is 6.37. The highest BCUT2D eigenvalue weighted by Gasteiger charge is 2.35. The van der Waals surface area contributed by atoms with Crippen molar-refractivity contribution in [1.82, 2.24) is 23.9 Å². The summed E-state index contributed by atoms with van der Waals surface area (Å²) in [6.45, 7) is 9.78. The van der Waals surface area contributed by atoms with Crippen molar-refractivity contribution < 1.29 is 17.9 Å². The highest BCUT2D eigenvalue weighted by Crippen LogP contribution is 2.25. The molecule has 13 heteroatoms. The number of nitrogens with zero attached hydrogens (tertiary/aromatic N) is 5. The topological polar surface area (TPSA) is 143 Å². The molecule has 2 aromatic heterocycles. The first-order valence-corrected chi connectivity index (χ1v) is 15.6. The van der Waals surface area contributed by atoms with Gasteiger partial charge in [0.2, 0.25) is 27.8 Å². The molecule has 5 rings (SSSR count). The maximum Gasteiger partial charge on any atom is 0.242 e. The van der Waals surface area contributed by atoms with Crippen molar-refractivity contribution >= 4 is 39.2 Å². The van der Waals surface area contributed by atoms with Crippen LogP contribution in [0.4, 0.5) is 17.6 Å². The molecule has 1 amide bonds. The van der Waals surface area contributed by atoms with Crippen LogP contribution in [0.3, 0.4) is 0 Å². The molecule has 1 unspecified atom stereocenters. The van der Waals surface area contributed by atoms with Crippen molar-refractivity contribution in [2.75, 3.05) is 35.7 Å². The van der Waals surface area contributed by atoms with Crippen LogP contribution in [0.25, 0.3) is 5.65 Å². The van der Waals surface area contributed by atoms with E-state index in [1.807, 2.05) is 24.4 Å². The first-order chi connectivity index (χ1) is 19.7. The third-order valence-electron chi connectivity index (χ3n) is 7.51. The number of hydrogen-bond acceptors (Lipinski definition) is 9. The van der Waals surface area contributed by atoms with E-state index in [0.717, 1.165) is 47.9 Å². The van der Waals surface area contributed by atoms with Gasteiger partial charge in [0.25, 0.3) is 0 Å². The Morgan fingerprint density at radius 2 is 2.00 bits per heavy atom. The zero-order valence-corrected chi connectivity index (χ0v) is 24.4. The predicted molar refractivity (Wildman–Crippen MR) is 158 cm³/mol. The van der Waals surface area contributed by atoms with Gasteiger partial charge in [-0.25, -0.2) is 8.42 Å². The van der Waals surface area contributed by atoms with Gasteiger partial charge < -0.3 is 20.7 Å². The summed E-state index contributed by atoms with van der Waals surface area (Å²) in [5.41, 5.74) is 3.28. The summed E-state index contributed by atoms with van der Waals surface area (Å²) in [7, 11) is -3.70. The molecule has 4 heterocycles. The quantitative estimate of drug-likeness (QED) is 0.326. The fraction of sp³-hybridized carbons (Fsp3) is 0.500. The second-order valence-electron chi connectivity index (χ2n) is 10.8. The van der Waals surface area contributed by atoms with Gasteiger partial charge in [-0.1, -0.05) is 39.0 Å². The van der Waals surface area contributed by atoms with E-state index in [2.05, 4.69) is 41.5 Å². The molecule has 12 nitrogen and oxygen atoms in total. The number of aromatic nitrogens is 4. The molecule has 1 aromatic carbocycles. The zero-order chi connectivity index (χ0) is 29.0. The van der Waals surface area contributed by atoms with Crippen molar-refractivity contribution in [2.45, 2.75) is 70.5 Å². The summed E-state index contributed by atoms with van der Waals surface area (Å²) < 4.78 is 33.4. The number of anilines is 3. The van der Waals surface area contributed by atoms with E-state index in [1.165, 1.54) is 4.31 Å². The molecule has 0 radical (unpaired) electrons. The SMILES string of the molecule is C=CS(=O)(=O)N1CCCCC1C(=O)Nc1cccc(CNc2nc(NC3CCOCC3)nc3c(C(C)C)cnn23)c1. The predicted octanol–water partition coefficient (Wildman–Crippen LogP) is 3.72. The van der Waals surface area contributed by atoms with Gasteiger partial charge in [0.15, 0.2) is 5.65 Å². The molecule has 0 saturated carbocycles. The highest BCUT2D eigenvalue weighted by molar-refractivity contribution is 7.92. The molecule has 3 N–H and O–H groups in total. The zero-order valence-electron chi connectivity index (χ0n) is 23.5. The van der Waals surface area contributed by atoms with Crippen LogP contribution in [0.5, 0.6) is 0 Å². The molecule has 2 aliphatic rings. The van der Waals surface area contributed by atoms with Gasteiger partial charge in [-0.15, -0.1) is 0 Å². The molecule has 2 saturated heterocycles. The van der Waals surface area contributed by atoms with E-state index in [4.69, 9.17) is 14.7 Å². The average Bonchev–Trinajstić information content (AvgIpc) is 3.41. The number of sulfonamides is 1. The highest BCUT2D eigenvalue weighted by atomic mass is 32.2. The number of carbonyl (C=O) groups is 1. The Labute approximate surface area is 240 Å². The van der Waals surface area contributed by atoms with Crippen LogP contribution < -0.4 is 16.0 Å². The Morgan fingerprint density at radius 3 is 2.76 bits per heavy atom. The minimum atomic E-state index is -3.70. The first kappa shape index (κ1) is 29.0. The molecule has 2 fully saturated rings. The summed E-state index contributed by atoms with van der Waals surface area (Å²) in [6.07, 6.45) is 5.59. The summed E-state index contributed by atoms with van der Waals surface area (Å²) in [5, 5.41) is 15.2. The Hall–Kier alpha value is -3.55. The number of piperidine rings is 1. The second kappa shape index (κ2) is 12.5. The Kier molecular flexibility index (Phi) is 8.85. The van der Waals surface area contributed by atoms with Crippen LogP contribution in [0.2, 0.25) is 0 Å². The van der Waals surface area contributed by atoms with E-state index < -0.39 is 16.1 Å². The number of rotatable bonds is 10. The van der Waals surface area contributed by atoms with Gasteiger partial charge in [-0.05, 0) is 49.3 Å². The van der Waals surface area contributed by atoms with Gasteiger partial charge in [0.1, 0.15) is 6.04 Å². The Balaban J connectivity index is 1.32. The lowest BCUT2D eigenvalue weighted by molar-refractivity contribution is -0.120. The number of nitrogens with one attached hydrogen (secondary N) is 3. The smallest absolute Gasteiger partial charge is 0.242 e. The molecule has 1 atom stereocenters. The Bertz CT molecular complexity index is 1500. The average molecular weight is 583 g/mol. The lowest BCUT2D eigenvalue weighted by atomic mass is 10.0. The molecule has 2 aliphatic heterocycles. The van der Waals surface area contributed by atoms with Crippen molar-refractivity contribution in [3.63, 3.8) is 0 Å². The summed E-state index contributed by atoms with van der Waals surface area (Å²) in [5.74, 6) is 0.993. The molecule has 3 aromatic rings. The third kappa shape index (κ3) is 6.68. The number of carbonyl (C=O) groups excluding carboxylic acids is 1. The van der Waals surface area contributed by atoms with E-state index in [-0.39, 0.29) is 17.9 Å². The summed E-state index contributed by atoms with van der Waals surface area (Å²) >= 11 is 0. The summed E-state index contributed by atoms with van der Waals surface area (Å²) in [6, 6.07) is 6.93. The number of fused-ring (bicyclic) bond motifs is 1. The maximum atomic E-state index is 13.1. The molecule has 220 valence electrons. The van der Waals surface area contributed by atoms with Crippen molar-refractivity contribution in [3.8, 4) is 0 Å². The molecular formula is C28H38N8O4S. The van der Waals surface area contributed by atoms with Crippen LogP contribution in [-0.4, -0.2) is 70.1 Å². The van der Waals surface area contributed by atoms with Crippen molar-refractivity contribution in [1.29, 1.82) is 0 Å². The van der Waals surface area contributed by atoms with Gasteiger partial charge in [0, 0.05) is 49.0 Å². The molecular weight excluding hydrogens is 544 g/mol. The number of benzene rings is 1. The fourth-order valence-electron chi connectivity index (χ4n) is 5.24. The minimum absolute atomic E-state index is 0.242. The van der Waals surface area contributed by atoms with Gasteiger partial charge >= 0.3 is 0 Å². The standard InChI is InChI=1S/C28H38N8O4S/c1-4-41(38,39)35-13-6-5-10-24(35)26(37)31-22-9-7-8-20(16-22)17-29-28-34-27(32-21-11-14-40-15-12-21)33-25-23(19(2)3)18-30-36(25)28/h4,7-9,16,18-19,21,24H,1,5-6,10-15,17H2,2-3H3,(H,31,37)(H2,29,32,33,34). The number of ether oxygens (including phenoxy) is 1. The normalized spacial score (nSPS) is 18.9. The van der Waals surface area contributed by atoms with Crippen LogP contribution in [0, 0.1) is 0 Å². The van der Waals surface area contributed by atoms with E-state index in [9.17, 15) is 13.2 Å². The Morgan fingerprint density at radius 1 is 1.20 bits per heavy atom. The lowest BCUT2D eigenvalue weighted by Gasteiger charge is -2.32. The van der Waals surface area contributed by atoms with Gasteiger partial charge in [0.05, 0.1) is 6.20 Å². The second-order valence-corrected chi connectivity index (χ2v) is 12.6. The molecule has 0 bridgehead atoms. The lowest BCUT2D eigenvalue weighted by Crippen LogP contribution is -2.49. The van der Waals surface area contributed by atoms with Crippen LogP contribution in [0.15, 0.2) is 42.4 Å². The monoisotopic (exact) mass is 582 g/mol. The minimum Gasteiger partial charge on any atom is -0.381 e. The third-order valence-corrected chi connectivity index (χ3v) is 9.02. The molecule has 0 spiro atoms. The number of amides is 1. The first-order valence-electron chi connectivity index (χ1n) is 14.1. The molecule has 41 heavy (non-hydrogen) atoms. The molecule has 0 aliphatic carbocycles. The van der Waals surface area contributed by atoms with Gasteiger partial charge in [-0.3, -0.25) is 4.79 Å². The van der Waals surface area contributed by atoms with Gasteiger partial charge in [-0.2, -0.15) is 23.9 Å². The van der Waals surface area contributed by atoms with Crippen LogP contribution >= 0.6 is 0 Å².